The maximum atomic E-state index is 2.35. The summed E-state index contributed by atoms with van der Waals surface area (Å²) in [6.45, 7) is 0. The number of fused-ring (bicyclic) bond motifs is 13. The molecule has 52 heavy (non-hydrogen) atoms. The summed E-state index contributed by atoms with van der Waals surface area (Å²) in [4.78, 5) is 0. The molecule has 0 fully saturated rings. The van der Waals surface area contributed by atoms with Gasteiger partial charge in [0, 0.05) is 0 Å². The van der Waals surface area contributed by atoms with Gasteiger partial charge in [-0.1, -0.05) is 194 Å². The van der Waals surface area contributed by atoms with Crippen molar-refractivity contribution in [2.75, 3.05) is 0 Å². The zero-order valence-electron chi connectivity index (χ0n) is 28.5. The first-order valence-corrected chi connectivity index (χ1v) is 18.1. The molecular weight excluding hydrogens is 625 g/mol. The van der Waals surface area contributed by atoms with Gasteiger partial charge in [0.15, 0.2) is 0 Å². The molecule has 0 unspecified atom stereocenters. The van der Waals surface area contributed by atoms with Crippen LogP contribution in [0, 0.1) is 0 Å². The van der Waals surface area contributed by atoms with Crippen molar-refractivity contribution in [2.45, 2.75) is 0 Å². The Balaban J connectivity index is 1.54. The number of hydrogen-bond acceptors (Lipinski definition) is 0. The summed E-state index contributed by atoms with van der Waals surface area (Å²) >= 11 is 0. The molecule has 0 saturated heterocycles. The van der Waals surface area contributed by atoms with Gasteiger partial charge < -0.3 is 0 Å². The average Bonchev–Trinajstić information content (AvgIpc) is 3.22. The molecule has 0 amide bonds. The highest BCUT2D eigenvalue weighted by Gasteiger charge is 2.34. The minimum atomic E-state index is 1.22. The van der Waals surface area contributed by atoms with Crippen molar-refractivity contribution < 1.29 is 0 Å². The first-order valence-electron chi connectivity index (χ1n) is 18.1. The van der Waals surface area contributed by atoms with Crippen LogP contribution in [0.3, 0.4) is 0 Å². The van der Waals surface area contributed by atoms with Crippen LogP contribution in [0.5, 0.6) is 0 Å². The predicted molar refractivity (Wildman–Crippen MR) is 223 cm³/mol. The molecule has 0 spiro atoms. The maximum Gasteiger partial charge on any atom is -0.0000710 e. The SMILES string of the molecule is c1ccc(-c2c(-c3ccccc3)c3c(c4c(c5c6ccccc6c(-c6ccccc6)c(-c6ccccc6)c53)-c3ccccc3-4)c3ccccc23)cc1. The smallest absolute Gasteiger partial charge is 0.0000710 e. The Bertz CT molecular complexity index is 2800. The molecule has 1 aliphatic rings. The van der Waals surface area contributed by atoms with Crippen LogP contribution in [0.1, 0.15) is 0 Å². The van der Waals surface area contributed by atoms with E-state index in [0.29, 0.717) is 0 Å². The number of rotatable bonds is 4. The van der Waals surface area contributed by atoms with E-state index >= 15 is 0 Å². The third kappa shape index (κ3) is 4.04. The predicted octanol–water partition coefficient (Wildman–Crippen LogP) is 14.6. The first-order chi connectivity index (χ1) is 25.9. The van der Waals surface area contributed by atoms with Gasteiger partial charge in [-0.2, -0.15) is 0 Å². The van der Waals surface area contributed by atoms with Gasteiger partial charge in [0.25, 0.3) is 0 Å². The van der Waals surface area contributed by atoms with E-state index in [9.17, 15) is 0 Å². The highest BCUT2D eigenvalue weighted by Crippen LogP contribution is 2.62. The Morgan fingerprint density at radius 3 is 0.788 bits per heavy atom. The van der Waals surface area contributed by atoms with Crippen LogP contribution >= 0.6 is 0 Å². The zero-order valence-corrected chi connectivity index (χ0v) is 28.5. The largest absolute Gasteiger partial charge is 0.0622 e. The van der Waals surface area contributed by atoms with Crippen molar-refractivity contribution in [3.63, 3.8) is 0 Å². The molecule has 10 aromatic rings. The fourth-order valence-electron chi connectivity index (χ4n) is 9.14. The highest BCUT2D eigenvalue weighted by molar-refractivity contribution is 6.43. The van der Waals surface area contributed by atoms with E-state index in [1.165, 1.54) is 110 Å². The van der Waals surface area contributed by atoms with Gasteiger partial charge in [-0.3, -0.25) is 0 Å². The van der Waals surface area contributed by atoms with E-state index in [0.717, 1.165) is 0 Å². The molecule has 0 aromatic heterocycles. The summed E-state index contributed by atoms with van der Waals surface area (Å²) in [6, 6.07) is 71.5. The molecule has 0 bridgehead atoms. The molecule has 0 heteroatoms. The van der Waals surface area contributed by atoms with Crippen LogP contribution < -0.4 is 0 Å². The Kier molecular flexibility index (Phi) is 6.35. The summed E-state index contributed by atoms with van der Waals surface area (Å²) in [5.41, 5.74) is 15.4. The van der Waals surface area contributed by atoms with E-state index in [-0.39, 0.29) is 0 Å². The lowest BCUT2D eigenvalue weighted by Gasteiger charge is -2.33. The molecule has 10 aromatic carbocycles. The lowest BCUT2D eigenvalue weighted by Crippen LogP contribution is -2.05. The summed E-state index contributed by atoms with van der Waals surface area (Å²) in [5.74, 6) is 0. The van der Waals surface area contributed by atoms with Crippen molar-refractivity contribution in [1.82, 2.24) is 0 Å². The summed E-state index contributed by atoms with van der Waals surface area (Å²) in [6.07, 6.45) is 0. The van der Waals surface area contributed by atoms with E-state index in [1.54, 1.807) is 0 Å². The molecule has 240 valence electrons. The zero-order chi connectivity index (χ0) is 34.2. The third-order valence-corrected chi connectivity index (χ3v) is 11.1. The molecule has 0 heterocycles. The lowest BCUT2D eigenvalue weighted by molar-refractivity contribution is 1.58. The summed E-state index contributed by atoms with van der Waals surface area (Å²) < 4.78 is 0. The normalized spacial score (nSPS) is 11.8. The van der Waals surface area contributed by atoms with Crippen LogP contribution in [0.2, 0.25) is 0 Å². The monoisotopic (exact) mass is 656 g/mol. The van der Waals surface area contributed by atoms with Crippen LogP contribution in [-0.4, -0.2) is 0 Å². The van der Waals surface area contributed by atoms with Gasteiger partial charge in [0.1, 0.15) is 0 Å². The second kappa shape index (κ2) is 11.4. The van der Waals surface area contributed by atoms with Crippen molar-refractivity contribution in [3.8, 4) is 66.8 Å². The maximum absolute atomic E-state index is 2.35. The highest BCUT2D eigenvalue weighted by atomic mass is 14.4. The molecule has 0 atom stereocenters. The first kappa shape index (κ1) is 29.0. The fraction of sp³-hybridized carbons (Fsp3) is 0. The van der Waals surface area contributed by atoms with Gasteiger partial charge in [-0.15, -0.1) is 0 Å². The minimum absolute atomic E-state index is 1.22. The Hall–Kier alpha value is -6.76. The minimum Gasteiger partial charge on any atom is -0.0622 e. The van der Waals surface area contributed by atoms with Crippen LogP contribution in [0.25, 0.3) is 110 Å². The summed E-state index contributed by atoms with van der Waals surface area (Å²) in [7, 11) is 0. The summed E-state index contributed by atoms with van der Waals surface area (Å²) in [5, 5.41) is 10.4. The molecule has 11 rings (SSSR count). The molecule has 0 saturated carbocycles. The topological polar surface area (TPSA) is 0 Å². The van der Waals surface area contributed by atoms with Crippen LogP contribution in [-0.2, 0) is 0 Å². The van der Waals surface area contributed by atoms with Gasteiger partial charge in [0.05, 0.1) is 0 Å². The fourth-order valence-corrected chi connectivity index (χ4v) is 9.14. The lowest BCUT2D eigenvalue weighted by atomic mass is 9.69. The van der Waals surface area contributed by atoms with Crippen molar-refractivity contribution in [1.29, 1.82) is 0 Å². The standard InChI is InChI=1S/C52H32/c1-5-19-33(20-6-1)43-37-27-13-15-29-39(37)49-47-41-31-17-18-32-42(41)48(47)50-40-30-16-14-28-38(40)44(34-21-7-2-8-22-34)46(36-25-11-4-12-26-36)52(50)51(49)45(43)35-23-9-3-10-24-35/h1-32H. The van der Waals surface area contributed by atoms with Crippen molar-refractivity contribution >= 4 is 43.1 Å². The average molecular weight is 657 g/mol. The molecule has 0 aliphatic heterocycles. The van der Waals surface area contributed by atoms with Gasteiger partial charge >= 0.3 is 0 Å². The Morgan fingerprint density at radius 1 is 0.173 bits per heavy atom. The third-order valence-electron chi connectivity index (χ3n) is 11.1. The van der Waals surface area contributed by atoms with Gasteiger partial charge in [0.2, 0.25) is 0 Å². The Morgan fingerprint density at radius 2 is 0.442 bits per heavy atom. The van der Waals surface area contributed by atoms with Gasteiger partial charge in [-0.25, -0.2) is 0 Å². The molecule has 0 N–H and O–H groups in total. The second-order valence-electron chi connectivity index (χ2n) is 13.9. The molecule has 0 nitrogen and oxygen atoms in total. The quantitative estimate of drug-likeness (QED) is 0.165. The van der Waals surface area contributed by atoms with Crippen LogP contribution in [0.4, 0.5) is 0 Å². The van der Waals surface area contributed by atoms with Crippen molar-refractivity contribution in [3.05, 3.63) is 194 Å². The van der Waals surface area contributed by atoms with E-state index in [4.69, 9.17) is 0 Å². The Labute approximate surface area is 302 Å². The molecule has 0 radical (unpaired) electrons. The second-order valence-corrected chi connectivity index (χ2v) is 13.9. The van der Waals surface area contributed by atoms with E-state index in [2.05, 4.69) is 194 Å². The molecule has 1 aliphatic carbocycles. The molecular formula is C52H32. The number of hydrogen-bond donors (Lipinski definition) is 0. The van der Waals surface area contributed by atoms with Crippen LogP contribution in [0.15, 0.2) is 194 Å². The van der Waals surface area contributed by atoms with E-state index in [1.807, 2.05) is 0 Å². The van der Waals surface area contributed by atoms with E-state index < -0.39 is 0 Å². The van der Waals surface area contributed by atoms with Gasteiger partial charge in [-0.05, 0) is 110 Å². The number of benzene rings is 10. The van der Waals surface area contributed by atoms with Crippen molar-refractivity contribution in [2.24, 2.45) is 0 Å².